The Labute approximate surface area is 233 Å². The zero-order chi connectivity index (χ0) is 27.0. The van der Waals surface area contributed by atoms with Gasteiger partial charge in [-0.15, -0.1) is 11.3 Å². The summed E-state index contributed by atoms with van der Waals surface area (Å²) in [5.74, 6) is 1.14. The highest BCUT2D eigenvalue weighted by molar-refractivity contribution is 7.25. The molecule has 0 saturated carbocycles. The monoisotopic (exact) mass is 563 g/mol. The molecule has 0 aliphatic rings. The zero-order valence-electron chi connectivity index (χ0n) is 20.9. The third-order valence-electron chi connectivity index (χ3n) is 5.80. The Kier molecular flexibility index (Phi) is 8.79. The molecular formula is C28H26ClN5O4S. The third-order valence-corrected chi connectivity index (χ3v) is 7.16. The van der Waals surface area contributed by atoms with Crippen LogP contribution in [0.25, 0.3) is 20.3 Å². The van der Waals surface area contributed by atoms with Gasteiger partial charge in [-0.25, -0.2) is 9.97 Å². The summed E-state index contributed by atoms with van der Waals surface area (Å²) in [5, 5.41) is 17.3. The van der Waals surface area contributed by atoms with Crippen molar-refractivity contribution < 1.29 is 19.4 Å². The Balaban J connectivity index is 1.29. The number of hydrogen-bond donors (Lipinski definition) is 3. The summed E-state index contributed by atoms with van der Waals surface area (Å²) >= 11 is 8.05. The van der Waals surface area contributed by atoms with Crippen LogP contribution in [0.5, 0.6) is 5.75 Å². The highest BCUT2D eigenvalue weighted by Crippen LogP contribution is 2.38. The maximum atomic E-state index is 12.3. The second-order valence-corrected chi connectivity index (χ2v) is 10.0. The molecule has 0 radical (unpaired) electrons. The summed E-state index contributed by atoms with van der Waals surface area (Å²) in [6, 6.07) is 17.1. The molecule has 3 heterocycles. The maximum Gasteiger partial charge on any atom is 0.224 e. The number of nitrogens with one attached hydrogen (secondary N) is 2. The first kappa shape index (κ1) is 26.8. The van der Waals surface area contributed by atoms with Gasteiger partial charge in [0, 0.05) is 28.5 Å². The molecule has 0 fully saturated rings. The number of hydrogen-bond acceptors (Lipinski definition) is 9. The SMILES string of the molecule is O=C(Cc1ccc2c(c1)sc1ncnc(Nc3ccc(OCc4ccccn4)c(Cl)c3)c12)NCCOCCO. The number of amides is 1. The molecule has 0 unspecified atom stereocenters. The van der Waals surface area contributed by atoms with E-state index in [1.807, 2.05) is 48.5 Å². The number of carbonyl (C=O) groups excluding carboxylic acids is 1. The standard InChI is InChI=1S/C28H26ClN5O4S/c29-22-15-19(5-7-23(22)38-16-20-3-1-2-8-30-20)34-27-26-21-6-4-18(13-24(21)39-28(26)33-17-32-27)14-25(36)31-9-11-37-12-10-35/h1-8,13,15,17,35H,9-12,14,16H2,(H,31,36)(H,32,33,34). The number of anilines is 2. The number of ether oxygens (including phenoxy) is 2. The molecule has 200 valence electrons. The van der Waals surface area contributed by atoms with Crippen molar-refractivity contribution >= 4 is 60.7 Å². The Morgan fingerprint density at radius 2 is 1.97 bits per heavy atom. The molecule has 5 aromatic rings. The van der Waals surface area contributed by atoms with Crippen LogP contribution in [0.15, 0.2) is 67.1 Å². The van der Waals surface area contributed by atoms with Crippen molar-refractivity contribution in [3.8, 4) is 5.75 Å². The van der Waals surface area contributed by atoms with Crippen molar-refractivity contribution in [1.29, 1.82) is 0 Å². The molecule has 3 N–H and O–H groups in total. The summed E-state index contributed by atoms with van der Waals surface area (Å²) in [4.78, 5) is 26.4. The lowest BCUT2D eigenvalue weighted by atomic mass is 10.1. The number of nitrogens with zero attached hydrogens (tertiary/aromatic N) is 3. The van der Waals surface area contributed by atoms with Gasteiger partial charge in [-0.1, -0.05) is 29.8 Å². The molecule has 9 nitrogen and oxygen atoms in total. The Morgan fingerprint density at radius 3 is 2.79 bits per heavy atom. The number of aliphatic hydroxyl groups excluding tert-OH is 1. The third kappa shape index (κ3) is 6.79. The first-order valence-electron chi connectivity index (χ1n) is 12.3. The van der Waals surface area contributed by atoms with E-state index in [0.717, 1.165) is 37.2 Å². The quantitative estimate of drug-likeness (QED) is 0.184. The summed E-state index contributed by atoms with van der Waals surface area (Å²) < 4.78 is 12.0. The van der Waals surface area contributed by atoms with Gasteiger partial charge in [0.2, 0.25) is 5.91 Å². The maximum absolute atomic E-state index is 12.3. The molecule has 3 aromatic heterocycles. The number of pyridine rings is 1. The van der Waals surface area contributed by atoms with Crippen molar-refractivity contribution in [1.82, 2.24) is 20.3 Å². The van der Waals surface area contributed by atoms with Gasteiger partial charge in [-0.05, 0) is 42.0 Å². The first-order valence-corrected chi connectivity index (χ1v) is 13.5. The van der Waals surface area contributed by atoms with Crippen molar-refractivity contribution in [3.63, 3.8) is 0 Å². The highest BCUT2D eigenvalue weighted by Gasteiger charge is 2.14. The van der Waals surface area contributed by atoms with Crippen LogP contribution in [-0.2, 0) is 22.6 Å². The molecule has 0 aliphatic heterocycles. The van der Waals surface area contributed by atoms with Crippen LogP contribution < -0.4 is 15.4 Å². The largest absolute Gasteiger partial charge is 0.486 e. The molecule has 2 aromatic carbocycles. The van der Waals surface area contributed by atoms with E-state index in [0.29, 0.717) is 36.3 Å². The lowest BCUT2D eigenvalue weighted by Gasteiger charge is -2.11. The van der Waals surface area contributed by atoms with Crippen LogP contribution in [-0.4, -0.2) is 52.3 Å². The number of aliphatic hydroxyl groups is 1. The van der Waals surface area contributed by atoms with E-state index in [2.05, 4.69) is 25.6 Å². The van der Waals surface area contributed by atoms with Crippen molar-refractivity contribution in [3.05, 3.63) is 83.4 Å². The lowest BCUT2D eigenvalue weighted by Crippen LogP contribution is -2.28. The molecule has 0 aliphatic carbocycles. The van der Waals surface area contributed by atoms with Crippen molar-refractivity contribution in [2.75, 3.05) is 31.7 Å². The summed E-state index contributed by atoms with van der Waals surface area (Å²) in [7, 11) is 0. The van der Waals surface area contributed by atoms with E-state index >= 15 is 0 Å². The number of thiophene rings is 1. The van der Waals surface area contributed by atoms with Gasteiger partial charge < -0.3 is 25.2 Å². The summed E-state index contributed by atoms with van der Waals surface area (Å²) in [6.07, 6.45) is 3.51. The van der Waals surface area contributed by atoms with E-state index in [-0.39, 0.29) is 25.5 Å². The summed E-state index contributed by atoms with van der Waals surface area (Å²) in [5.41, 5.74) is 2.48. The summed E-state index contributed by atoms with van der Waals surface area (Å²) in [6.45, 7) is 1.31. The van der Waals surface area contributed by atoms with E-state index in [9.17, 15) is 4.79 Å². The van der Waals surface area contributed by atoms with Crippen molar-refractivity contribution in [2.45, 2.75) is 13.0 Å². The average Bonchev–Trinajstić information content (AvgIpc) is 3.32. The Hall–Kier alpha value is -3.83. The minimum Gasteiger partial charge on any atom is -0.486 e. The van der Waals surface area contributed by atoms with Crippen molar-refractivity contribution in [2.24, 2.45) is 0 Å². The molecule has 0 spiro atoms. The topological polar surface area (TPSA) is 118 Å². The predicted octanol–water partition coefficient (Wildman–Crippen LogP) is 4.88. The fourth-order valence-electron chi connectivity index (χ4n) is 4.00. The number of aromatic nitrogens is 3. The molecule has 39 heavy (non-hydrogen) atoms. The van der Waals surface area contributed by atoms with Crippen LogP contribution in [0.1, 0.15) is 11.3 Å². The molecule has 1 amide bonds. The van der Waals surface area contributed by atoms with Crippen LogP contribution in [0.2, 0.25) is 5.02 Å². The molecule has 11 heteroatoms. The average molecular weight is 564 g/mol. The van der Waals surface area contributed by atoms with Gasteiger partial charge in [0.05, 0.1) is 42.3 Å². The van der Waals surface area contributed by atoms with E-state index in [1.165, 1.54) is 6.33 Å². The molecule has 0 bridgehead atoms. The second kappa shape index (κ2) is 12.8. The minimum atomic E-state index is -0.0884. The fourth-order valence-corrected chi connectivity index (χ4v) is 5.34. The van der Waals surface area contributed by atoms with E-state index in [1.54, 1.807) is 23.6 Å². The fraction of sp³-hybridized carbons (Fsp3) is 0.214. The van der Waals surface area contributed by atoms with Gasteiger partial charge in [0.15, 0.2) is 0 Å². The van der Waals surface area contributed by atoms with E-state index < -0.39 is 0 Å². The number of fused-ring (bicyclic) bond motifs is 3. The van der Waals surface area contributed by atoms with Crippen LogP contribution in [0, 0.1) is 0 Å². The molecule has 5 rings (SSSR count). The minimum absolute atomic E-state index is 0.0347. The predicted molar refractivity (Wildman–Crippen MR) is 153 cm³/mol. The molecular weight excluding hydrogens is 538 g/mol. The van der Waals surface area contributed by atoms with Crippen LogP contribution >= 0.6 is 22.9 Å². The molecule has 0 saturated heterocycles. The van der Waals surface area contributed by atoms with Gasteiger partial charge in [-0.3, -0.25) is 9.78 Å². The number of halogens is 1. The van der Waals surface area contributed by atoms with Crippen LogP contribution in [0.3, 0.4) is 0 Å². The van der Waals surface area contributed by atoms with Crippen LogP contribution in [0.4, 0.5) is 11.5 Å². The van der Waals surface area contributed by atoms with Gasteiger partial charge in [-0.2, -0.15) is 0 Å². The van der Waals surface area contributed by atoms with Gasteiger partial charge >= 0.3 is 0 Å². The Bertz CT molecular complexity index is 1580. The van der Waals surface area contributed by atoms with Gasteiger partial charge in [0.1, 0.15) is 29.3 Å². The highest BCUT2D eigenvalue weighted by atomic mass is 35.5. The second-order valence-electron chi connectivity index (χ2n) is 8.58. The van der Waals surface area contributed by atoms with E-state index in [4.69, 9.17) is 26.2 Å². The molecule has 0 atom stereocenters. The number of benzene rings is 2. The van der Waals surface area contributed by atoms with Gasteiger partial charge in [0.25, 0.3) is 0 Å². The normalized spacial score (nSPS) is 11.1. The zero-order valence-corrected chi connectivity index (χ0v) is 22.5. The number of carbonyl (C=O) groups is 1. The Morgan fingerprint density at radius 1 is 1.05 bits per heavy atom. The lowest BCUT2D eigenvalue weighted by molar-refractivity contribution is -0.120. The number of rotatable bonds is 12. The smallest absolute Gasteiger partial charge is 0.224 e. The first-order chi connectivity index (χ1) is 19.1.